The molecule has 3 aromatic rings. The zero-order chi connectivity index (χ0) is 24.1. The number of amides is 1. The van der Waals surface area contributed by atoms with Crippen molar-refractivity contribution in [3.63, 3.8) is 0 Å². The van der Waals surface area contributed by atoms with E-state index in [1.807, 2.05) is 24.3 Å². The van der Waals surface area contributed by atoms with Gasteiger partial charge in [-0.2, -0.15) is 0 Å². The SMILES string of the molecule is CN(C(=O)c1ccnc(Cl)c1)c1cc(F)ccc1N1CCN(C/C=C/c2ccc(Cl)cc2)CC1. The summed E-state index contributed by atoms with van der Waals surface area (Å²) in [4.78, 5) is 23.0. The Hall–Kier alpha value is -2.93. The number of anilines is 2. The molecule has 1 fully saturated rings. The molecule has 1 amide bonds. The molecule has 1 aliphatic heterocycles. The van der Waals surface area contributed by atoms with Gasteiger partial charge in [-0.05, 0) is 48.0 Å². The third-order valence-electron chi connectivity index (χ3n) is 5.83. The number of carbonyl (C=O) groups is 1. The molecule has 2 aromatic carbocycles. The van der Waals surface area contributed by atoms with Crippen molar-refractivity contribution >= 4 is 46.6 Å². The summed E-state index contributed by atoms with van der Waals surface area (Å²) in [6.07, 6.45) is 5.72. The van der Waals surface area contributed by atoms with Crippen LogP contribution in [0.2, 0.25) is 10.2 Å². The standard InChI is InChI=1S/C26H25Cl2FN4O/c1-31(26(34)20-10-11-30-25(28)17-20)24-18-22(29)8-9-23(24)33-15-13-32(14-16-33)12-2-3-19-4-6-21(27)7-5-19/h2-11,17-18H,12-16H2,1H3/b3-2+. The van der Waals surface area contributed by atoms with Crippen LogP contribution in [0.4, 0.5) is 15.8 Å². The molecule has 5 nitrogen and oxygen atoms in total. The van der Waals surface area contributed by atoms with Crippen LogP contribution in [0.15, 0.2) is 66.9 Å². The smallest absolute Gasteiger partial charge is 0.258 e. The lowest BCUT2D eigenvalue weighted by atomic mass is 10.1. The first-order valence-corrected chi connectivity index (χ1v) is 11.7. The van der Waals surface area contributed by atoms with Gasteiger partial charge in [0.15, 0.2) is 0 Å². The van der Waals surface area contributed by atoms with Crippen molar-refractivity contribution in [2.24, 2.45) is 0 Å². The fourth-order valence-electron chi connectivity index (χ4n) is 3.95. The second-order valence-corrected chi connectivity index (χ2v) is 8.93. The molecule has 176 valence electrons. The zero-order valence-corrected chi connectivity index (χ0v) is 20.3. The number of hydrogen-bond acceptors (Lipinski definition) is 4. The van der Waals surface area contributed by atoms with Crippen molar-refractivity contribution in [1.82, 2.24) is 9.88 Å². The van der Waals surface area contributed by atoms with E-state index in [4.69, 9.17) is 23.2 Å². The maximum Gasteiger partial charge on any atom is 0.258 e. The number of halogens is 3. The van der Waals surface area contributed by atoms with Crippen molar-refractivity contribution in [3.05, 3.63) is 94.0 Å². The Morgan fingerprint density at radius 1 is 1.06 bits per heavy atom. The molecule has 1 saturated heterocycles. The lowest BCUT2D eigenvalue weighted by molar-refractivity contribution is 0.0993. The molecule has 0 unspecified atom stereocenters. The Morgan fingerprint density at radius 2 is 1.79 bits per heavy atom. The third-order valence-corrected chi connectivity index (χ3v) is 6.29. The molecule has 2 heterocycles. The van der Waals surface area contributed by atoms with Crippen molar-refractivity contribution in [2.75, 3.05) is 49.6 Å². The molecule has 0 N–H and O–H groups in total. The molecule has 1 aromatic heterocycles. The largest absolute Gasteiger partial charge is 0.367 e. The van der Waals surface area contributed by atoms with Gasteiger partial charge in [-0.1, -0.05) is 47.5 Å². The van der Waals surface area contributed by atoms with Crippen LogP contribution >= 0.6 is 23.2 Å². The minimum Gasteiger partial charge on any atom is -0.367 e. The van der Waals surface area contributed by atoms with Gasteiger partial charge in [-0.25, -0.2) is 9.37 Å². The van der Waals surface area contributed by atoms with Crippen molar-refractivity contribution in [3.8, 4) is 0 Å². The first kappa shape index (κ1) is 24.2. The first-order chi connectivity index (χ1) is 16.4. The molecule has 0 aliphatic carbocycles. The van der Waals surface area contributed by atoms with E-state index in [9.17, 15) is 9.18 Å². The summed E-state index contributed by atoms with van der Waals surface area (Å²) in [5.74, 6) is -0.667. The highest BCUT2D eigenvalue weighted by Gasteiger charge is 2.23. The van der Waals surface area contributed by atoms with E-state index in [0.29, 0.717) is 11.3 Å². The molecule has 1 aliphatic rings. The van der Waals surface area contributed by atoms with E-state index in [-0.39, 0.29) is 11.1 Å². The van der Waals surface area contributed by atoms with E-state index in [1.54, 1.807) is 19.2 Å². The minimum absolute atomic E-state index is 0.236. The van der Waals surface area contributed by atoms with Crippen LogP contribution < -0.4 is 9.80 Å². The summed E-state index contributed by atoms with van der Waals surface area (Å²) >= 11 is 11.9. The monoisotopic (exact) mass is 498 g/mol. The molecule has 0 bridgehead atoms. The Kier molecular flexibility index (Phi) is 7.83. The van der Waals surface area contributed by atoms with Gasteiger partial charge in [-0.3, -0.25) is 9.69 Å². The summed E-state index contributed by atoms with van der Waals surface area (Å²) in [6, 6.07) is 15.4. The number of rotatable bonds is 6. The van der Waals surface area contributed by atoms with Gasteiger partial charge < -0.3 is 9.80 Å². The Balaban J connectivity index is 1.42. The fourth-order valence-corrected chi connectivity index (χ4v) is 4.25. The second kappa shape index (κ2) is 11.0. The van der Waals surface area contributed by atoms with E-state index in [1.165, 1.54) is 29.3 Å². The van der Waals surface area contributed by atoms with Crippen LogP contribution in [-0.4, -0.2) is 55.6 Å². The lowest BCUT2D eigenvalue weighted by Gasteiger charge is -2.37. The molecule has 0 radical (unpaired) electrons. The minimum atomic E-state index is -0.392. The first-order valence-electron chi connectivity index (χ1n) is 11.0. The normalized spacial score (nSPS) is 14.5. The number of pyridine rings is 1. The summed E-state index contributed by atoms with van der Waals surface area (Å²) in [7, 11) is 1.65. The van der Waals surface area contributed by atoms with Crippen LogP contribution in [-0.2, 0) is 0 Å². The van der Waals surface area contributed by atoms with Crippen molar-refractivity contribution in [1.29, 1.82) is 0 Å². The highest BCUT2D eigenvalue weighted by Crippen LogP contribution is 2.31. The van der Waals surface area contributed by atoms with Gasteiger partial charge in [-0.15, -0.1) is 0 Å². The number of nitrogens with zero attached hydrogens (tertiary/aromatic N) is 4. The van der Waals surface area contributed by atoms with E-state index in [2.05, 4.69) is 26.9 Å². The Bertz CT molecular complexity index is 1180. The summed E-state index contributed by atoms with van der Waals surface area (Å²) < 4.78 is 14.2. The van der Waals surface area contributed by atoms with Crippen LogP contribution in [0.5, 0.6) is 0 Å². The van der Waals surface area contributed by atoms with E-state index >= 15 is 0 Å². The van der Waals surface area contributed by atoms with Gasteiger partial charge in [0.1, 0.15) is 11.0 Å². The van der Waals surface area contributed by atoms with Crippen LogP contribution in [0.3, 0.4) is 0 Å². The molecular formula is C26H25Cl2FN4O. The van der Waals surface area contributed by atoms with Crippen LogP contribution in [0, 0.1) is 5.82 Å². The summed E-state index contributed by atoms with van der Waals surface area (Å²) in [5.41, 5.74) is 2.86. The number of aromatic nitrogens is 1. The molecule has 8 heteroatoms. The predicted molar refractivity (Wildman–Crippen MR) is 138 cm³/mol. The maximum absolute atomic E-state index is 14.2. The van der Waals surface area contributed by atoms with E-state index in [0.717, 1.165) is 49.0 Å². The highest BCUT2D eigenvalue weighted by molar-refractivity contribution is 6.30. The fraction of sp³-hybridized carbons (Fsp3) is 0.231. The molecule has 0 atom stereocenters. The zero-order valence-electron chi connectivity index (χ0n) is 18.8. The molecule has 34 heavy (non-hydrogen) atoms. The number of hydrogen-bond donors (Lipinski definition) is 0. The van der Waals surface area contributed by atoms with Crippen LogP contribution in [0.25, 0.3) is 6.08 Å². The van der Waals surface area contributed by atoms with Gasteiger partial charge in [0.05, 0.1) is 11.4 Å². The number of benzene rings is 2. The number of carbonyl (C=O) groups excluding carboxylic acids is 1. The summed E-state index contributed by atoms with van der Waals surface area (Å²) in [5, 5.41) is 0.963. The molecular weight excluding hydrogens is 474 g/mol. The topological polar surface area (TPSA) is 39.7 Å². The quantitative estimate of drug-likeness (QED) is 0.412. The van der Waals surface area contributed by atoms with E-state index < -0.39 is 5.82 Å². The molecule has 4 rings (SSSR count). The van der Waals surface area contributed by atoms with Crippen molar-refractivity contribution in [2.45, 2.75) is 0 Å². The number of piperazine rings is 1. The molecule has 0 saturated carbocycles. The third kappa shape index (κ3) is 5.95. The lowest BCUT2D eigenvalue weighted by Crippen LogP contribution is -2.46. The Labute approximate surface area is 209 Å². The maximum atomic E-state index is 14.2. The average Bonchev–Trinajstić information content (AvgIpc) is 2.85. The van der Waals surface area contributed by atoms with Crippen LogP contribution in [0.1, 0.15) is 15.9 Å². The van der Waals surface area contributed by atoms with Gasteiger partial charge >= 0.3 is 0 Å². The predicted octanol–water partition coefficient (Wildman–Crippen LogP) is 5.64. The Morgan fingerprint density at radius 3 is 2.50 bits per heavy atom. The van der Waals surface area contributed by atoms with Gasteiger partial charge in [0.2, 0.25) is 0 Å². The molecule has 0 spiro atoms. The van der Waals surface area contributed by atoms with Crippen molar-refractivity contribution < 1.29 is 9.18 Å². The van der Waals surface area contributed by atoms with Gasteiger partial charge in [0, 0.05) is 56.6 Å². The second-order valence-electron chi connectivity index (χ2n) is 8.11. The average molecular weight is 499 g/mol. The summed E-state index contributed by atoms with van der Waals surface area (Å²) in [6.45, 7) is 4.11. The highest BCUT2D eigenvalue weighted by atomic mass is 35.5. The van der Waals surface area contributed by atoms with Gasteiger partial charge in [0.25, 0.3) is 5.91 Å².